The second kappa shape index (κ2) is 6.71. The van der Waals surface area contributed by atoms with Crippen molar-refractivity contribution in [3.05, 3.63) is 52.5 Å². The van der Waals surface area contributed by atoms with Gasteiger partial charge in [-0.05, 0) is 37.1 Å². The summed E-state index contributed by atoms with van der Waals surface area (Å²) < 4.78 is 1.12. The summed E-state index contributed by atoms with van der Waals surface area (Å²) in [5, 5.41) is 3.53. The molecule has 0 fully saturated rings. The minimum Gasteiger partial charge on any atom is -0.347 e. The highest BCUT2D eigenvalue weighted by molar-refractivity contribution is 9.10. The van der Waals surface area contributed by atoms with E-state index in [4.69, 9.17) is 0 Å². The van der Waals surface area contributed by atoms with Gasteiger partial charge < -0.3 is 10.3 Å². The third-order valence-corrected chi connectivity index (χ3v) is 3.31. The van der Waals surface area contributed by atoms with E-state index in [1.165, 1.54) is 5.56 Å². The Morgan fingerprint density at radius 2 is 2.33 bits per heavy atom. The normalized spacial score (nSPS) is 12.6. The third kappa shape index (κ3) is 3.68. The molecule has 0 aliphatic carbocycles. The Bertz CT molecular complexity index is 468. The molecule has 0 aliphatic heterocycles. The third-order valence-electron chi connectivity index (χ3n) is 2.82. The van der Waals surface area contributed by atoms with Crippen LogP contribution in [0.2, 0.25) is 0 Å². The molecule has 4 heteroatoms. The average Bonchev–Trinajstić information content (AvgIpc) is 2.88. The largest absolute Gasteiger partial charge is 0.347 e. The van der Waals surface area contributed by atoms with Crippen LogP contribution in [0.1, 0.15) is 30.8 Å². The Kier molecular flexibility index (Phi) is 4.96. The molecular formula is C14H18BrN3. The molecule has 18 heavy (non-hydrogen) atoms. The van der Waals surface area contributed by atoms with E-state index in [2.05, 4.69) is 56.3 Å². The number of halogens is 1. The summed E-state index contributed by atoms with van der Waals surface area (Å²) in [6.45, 7) is 3.17. The molecule has 0 bridgehead atoms. The summed E-state index contributed by atoms with van der Waals surface area (Å²) in [6, 6.07) is 8.66. The first-order valence-electron chi connectivity index (χ1n) is 6.26. The number of hydrogen-bond acceptors (Lipinski definition) is 2. The maximum absolute atomic E-state index is 4.36. The number of nitrogens with zero attached hydrogens (tertiary/aromatic N) is 1. The highest BCUT2D eigenvalue weighted by atomic mass is 79.9. The van der Waals surface area contributed by atoms with E-state index in [1.807, 2.05) is 12.3 Å². The van der Waals surface area contributed by atoms with Crippen molar-refractivity contribution in [1.82, 2.24) is 15.3 Å². The maximum atomic E-state index is 4.36. The van der Waals surface area contributed by atoms with Crippen LogP contribution < -0.4 is 5.32 Å². The fourth-order valence-electron chi connectivity index (χ4n) is 1.95. The summed E-state index contributed by atoms with van der Waals surface area (Å²) in [5.41, 5.74) is 1.30. The zero-order valence-electron chi connectivity index (χ0n) is 10.5. The first-order chi connectivity index (χ1) is 8.79. The molecule has 2 aromatic rings. The Balaban J connectivity index is 2.10. The molecule has 1 atom stereocenters. The van der Waals surface area contributed by atoms with Gasteiger partial charge in [0.25, 0.3) is 0 Å². The molecule has 0 amide bonds. The highest BCUT2D eigenvalue weighted by Gasteiger charge is 2.13. The quantitative estimate of drug-likeness (QED) is 0.858. The molecular weight excluding hydrogens is 290 g/mol. The van der Waals surface area contributed by atoms with Crippen LogP contribution in [0.15, 0.2) is 41.1 Å². The van der Waals surface area contributed by atoms with Crippen LogP contribution in [0.3, 0.4) is 0 Å². The van der Waals surface area contributed by atoms with Crippen LogP contribution in [0.5, 0.6) is 0 Å². The molecule has 2 rings (SSSR count). The molecule has 0 saturated carbocycles. The molecule has 2 N–H and O–H groups in total. The van der Waals surface area contributed by atoms with Crippen LogP contribution in [-0.4, -0.2) is 16.5 Å². The van der Waals surface area contributed by atoms with Gasteiger partial charge in [0.05, 0.1) is 6.04 Å². The van der Waals surface area contributed by atoms with Gasteiger partial charge >= 0.3 is 0 Å². The lowest BCUT2D eigenvalue weighted by Crippen LogP contribution is -2.25. The number of aromatic nitrogens is 2. The summed E-state index contributed by atoms with van der Waals surface area (Å²) in [6.07, 6.45) is 5.73. The fourth-order valence-corrected chi connectivity index (χ4v) is 2.40. The van der Waals surface area contributed by atoms with Gasteiger partial charge in [-0.15, -0.1) is 0 Å². The number of nitrogens with one attached hydrogen (secondary N) is 2. The van der Waals surface area contributed by atoms with Crippen molar-refractivity contribution in [3.63, 3.8) is 0 Å². The van der Waals surface area contributed by atoms with Gasteiger partial charge in [0, 0.05) is 16.9 Å². The van der Waals surface area contributed by atoms with Crippen LogP contribution in [0.4, 0.5) is 0 Å². The molecule has 96 valence electrons. The number of imidazole rings is 1. The molecule has 0 aliphatic rings. The monoisotopic (exact) mass is 307 g/mol. The second-order valence-electron chi connectivity index (χ2n) is 4.32. The summed E-state index contributed by atoms with van der Waals surface area (Å²) in [7, 11) is 0. The molecule has 1 aromatic heterocycles. The van der Waals surface area contributed by atoms with Gasteiger partial charge in [-0.25, -0.2) is 4.98 Å². The molecule has 0 saturated heterocycles. The lowest BCUT2D eigenvalue weighted by Gasteiger charge is -2.16. The van der Waals surface area contributed by atoms with E-state index in [9.17, 15) is 0 Å². The number of benzene rings is 1. The van der Waals surface area contributed by atoms with Gasteiger partial charge in [-0.1, -0.05) is 35.0 Å². The van der Waals surface area contributed by atoms with Gasteiger partial charge in [-0.2, -0.15) is 0 Å². The van der Waals surface area contributed by atoms with Crippen LogP contribution >= 0.6 is 15.9 Å². The van der Waals surface area contributed by atoms with Crippen molar-refractivity contribution in [1.29, 1.82) is 0 Å². The smallest absolute Gasteiger partial charge is 0.123 e. The van der Waals surface area contributed by atoms with Crippen molar-refractivity contribution >= 4 is 15.9 Å². The second-order valence-corrected chi connectivity index (χ2v) is 5.23. The zero-order chi connectivity index (χ0) is 12.8. The van der Waals surface area contributed by atoms with Crippen molar-refractivity contribution in [2.45, 2.75) is 25.8 Å². The van der Waals surface area contributed by atoms with E-state index < -0.39 is 0 Å². The first-order valence-corrected chi connectivity index (χ1v) is 7.06. The van der Waals surface area contributed by atoms with Gasteiger partial charge in [-0.3, -0.25) is 0 Å². The van der Waals surface area contributed by atoms with Crippen molar-refractivity contribution < 1.29 is 0 Å². The number of aromatic amines is 1. The lowest BCUT2D eigenvalue weighted by molar-refractivity contribution is 0.508. The Hall–Kier alpha value is -1.13. The Morgan fingerprint density at radius 3 is 3.00 bits per heavy atom. The number of rotatable bonds is 6. The van der Waals surface area contributed by atoms with Crippen LogP contribution in [0.25, 0.3) is 0 Å². The summed E-state index contributed by atoms with van der Waals surface area (Å²) in [5.74, 6) is 1.00. The molecule has 0 radical (unpaired) electrons. The lowest BCUT2D eigenvalue weighted by atomic mass is 10.1. The van der Waals surface area contributed by atoms with Crippen molar-refractivity contribution in [2.24, 2.45) is 0 Å². The summed E-state index contributed by atoms with van der Waals surface area (Å²) in [4.78, 5) is 7.55. The van der Waals surface area contributed by atoms with Gasteiger partial charge in [0.2, 0.25) is 0 Å². The molecule has 1 unspecified atom stereocenters. The topological polar surface area (TPSA) is 40.7 Å². The molecule has 0 spiro atoms. The molecule has 1 aromatic carbocycles. The minimum absolute atomic E-state index is 0.245. The number of H-pyrrole nitrogens is 1. The number of hydrogen-bond donors (Lipinski definition) is 2. The zero-order valence-corrected chi connectivity index (χ0v) is 12.1. The van der Waals surface area contributed by atoms with E-state index in [0.717, 1.165) is 29.7 Å². The predicted molar refractivity (Wildman–Crippen MR) is 77.5 cm³/mol. The van der Waals surface area contributed by atoms with E-state index in [-0.39, 0.29) is 6.04 Å². The van der Waals surface area contributed by atoms with Gasteiger partial charge in [0.15, 0.2) is 0 Å². The average molecular weight is 308 g/mol. The van der Waals surface area contributed by atoms with Crippen LogP contribution in [0, 0.1) is 0 Å². The minimum atomic E-state index is 0.245. The van der Waals surface area contributed by atoms with E-state index in [1.54, 1.807) is 6.20 Å². The van der Waals surface area contributed by atoms with Crippen LogP contribution in [-0.2, 0) is 6.42 Å². The van der Waals surface area contributed by atoms with Crippen molar-refractivity contribution in [2.75, 3.05) is 6.54 Å². The predicted octanol–water partition coefficient (Wildman–Crippen LogP) is 3.46. The maximum Gasteiger partial charge on any atom is 0.123 e. The highest BCUT2D eigenvalue weighted by Crippen LogP contribution is 2.18. The first kappa shape index (κ1) is 13.3. The standard InChI is InChI=1S/C14H18BrN3/c1-2-6-16-13(14-17-7-8-18-14)10-11-4-3-5-12(15)9-11/h3-5,7-9,13,16H,2,6,10H2,1H3,(H,17,18). The van der Waals surface area contributed by atoms with E-state index in [0.29, 0.717) is 0 Å². The Labute approximate surface area is 116 Å². The van der Waals surface area contributed by atoms with Crippen molar-refractivity contribution in [3.8, 4) is 0 Å². The fraction of sp³-hybridized carbons (Fsp3) is 0.357. The van der Waals surface area contributed by atoms with Gasteiger partial charge in [0.1, 0.15) is 5.82 Å². The van der Waals surface area contributed by atoms with E-state index >= 15 is 0 Å². The summed E-state index contributed by atoms with van der Waals surface area (Å²) >= 11 is 3.51. The Morgan fingerprint density at radius 1 is 1.44 bits per heavy atom. The molecule has 1 heterocycles. The SMILES string of the molecule is CCCNC(Cc1cccc(Br)c1)c1ncc[nH]1. The molecule has 3 nitrogen and oxygen atoms in total.